The molecule has 2 N–H and O–H groups in total. The molecule has 0 bridgehead atoms. The molecule has 0 fully saturated rings. The second kappa shape index (κ2) is 6.98. The van der Waals surface area contributed by atoms with E-state index in [1.54, 1.807) is 6.20 Å². The van der Waals surface area contributed by atoms with E-state index >= 15 is 0 Å². The van der Waals surface area contributed by atoms with Gasteiger partial charge in [-0.15, -0.1) is 0 Å². The third-order valence-corrected chi connectivity index (χ3v) is 5.41. The molecular formula is C19H13ClF3N7O. The minimum absolute atomic E-state index is 0.189. The van der Waals surface area contributed by atoms with Gasteiger partial charge in [-0.1, -0.05) is 17.7 Å². The number of amides is 1. The molecule has 0 aromatic carbocycles. The van der Waals surface area contributed by atoms with Crippen molar-refractivity contribution in [3.63, 3.8) is 0 Å². The Kier molecular flexibility index (Phi) is 4.36. The Bertz CT molecular complexity index is 1310. The van der Waals surface area contributed by atoms with E-state index < -0.39 is 23.3 Å². The molecule has 1 aliphatic heterocycles. The lowest BCUT2D eigenvalue weighted by atomic mass is 10.1. The molecule has 12 heteroatoms. The highest BCUT2D eigenvalue weighted by molar-refractivity contribution is 6.33. The molecule has 4 aromatic rings. The zero-order valence-electron chi connectivity index (χ0n) is 15.6. The topological polar surface area (TPSA) is 95.0 Å². The second-order valence-corrected chi connectivity index (χ2v) is 7.31. The molecule has 1 amide bonds. The summed E-state index contributed by atoms with van der Waals surface area (Å²) in [5.41, 5.74) is 0.619. The molecule has 0 atom stereocenters. The maximum Gasteiger partial charge on any atom is 0.420 e. The van der Waals surface area contributed by atoms with Gasteiger partial charge in [0.25, 0.3) is 5.91 Å². The molecule has 158 valence electrons. The first-order valence-corrected chi connectivity index (χ1v) is 9.45. The van der Waals surface area contributed by atoms with Gasteiger partial charge in [0, 0.05) is 36.6 Å². The molecule has 5 rings (SSSR count). The van der Waals surface area contributed by atoms with Crippen LogP contribution in [0.25, 0.3) is 22.3 Å². The van der Waals surface area contributed by atoms with Gasteiger partial charge in [-0.05, 0) is 11.6 Å². The number of alkyl halides is 3. The van der Waals surface area contributed by atoms with Gasteiger partial charge in [0.15, 0.2) is 11.3 Å². The maximum atomic E-state index is 13.8. The lowest BCUT2D eigenvalue weighted by molar-refractivity contribution is -0.136. The van der Waals surface area contributed by atoms with E-state index in [9.17, 15) is 18.0 Å². The van der Waals surface area contributed by atoms with Crippen LogP contribution in [0.4, 0.5) is 13.2 Å². The summed E-state index contributed by atoms with van der Waals surface area (Å²) >= 11 is 6.35. The highest BCUT2D eigenvalue weighted by Gasteiger charge is 2.37. The summed E-state index contributed by atoms with van der Waals surface area (Å²) in [6, 6.07) is 0.964. The summed E-state index contributed by atoms with van der Waals surface area (Å²) in [5.74, 6) is -0.558. The highest BCUT2D eigenvalue weighted by atomic mass is 35.5. The van der Waals surface area contributed by atoms with Crippen LogP contribution >= 0.6 is 11.6 Å². The van der Waals surface area contributed by atoms with Crippen molar-refractivity contribution in [2.75, 3.05) is 13.1 Å². The van der Waals surface area contributed by atoms with Gasteiger partial charge in [0.2, 0.25) is 0 Å². The number of hydrogen-bond donors (Lipinski definition) is 2. The Morgan fingerprint density at radius 2 is 2.06 bits per heavy atom. The monoisotopic (exact) mass is 447 g/mol. The Balaban J connectivity index is 1.56. The quantitative estimate of drug-likeness (QED) is 0.501. The van der Waals surface area contributed by atoms with Crippen LogP contribution < -0.4 is 0 Å². The molecule has 31 heavy (non-hydrogen) atoms. The molecule has 0 radical (unpaired) electrons. The number of aromatic nitrogens is 6. The third-order valence-electron chi connectivity index (χ3n) is 5.05. The summed E-state index contributed by atoms with van der Waals surface area (Å²) < 4.78 is 42.4. The predicted octanol–water partition coefficient (Wildman–Crippen LogP) is 3.66. The zero-order valence-corrected chi connectivity index (χ0v) is 16.4. The molecule has 0 aliphatic carbocycles. The number of halogens is 4. The molecule has 1 aliphatic rings. The summed E-state index contributed by atoms with van der Waals surface area (Å²) in [6.45, 7) is 0.543. The van der Waals surface area contributed by atoms with Crippen LogP contribution in [-0.4, -0.2) is 53.4 Å². The van der Waals surface area contributed by atoms with Crippen molar-refractivity contribution >= 4 is 28.7 Å². The molecule has 5 heterocycles. The van der Waals surface area contributed by atoms with E-state index in [0.29, 0.717) is 5.56 Å². The fraction of sp³-hybridized carbons (Fsp3) is 0.158. The van der Waals surface area contributed by atoms with Gasteiger partial charge in [0.1, 0.15) is 5.15 Å². The molecule has 0 unspecified atom stereocenters. The number of nitrogens with zero attached hydrogens (tertiary/aromatic N) is 5. The van der Waals surface area contributed by atoms with Crippen molar-refractivity contribution in [3.05, 3.63) is 65.4 Å². The zero-order chi connectivity index (χ0) is 21.8. The number of carbonyl (C=O) groups excluding carboxylic acids is 1. The van der Waals surface area contributed by atoms with Crippen LogP contribution in [0.3, 0.4) is 0 Å². The first-order valence-electron chi connectivity index (χ1n) is 9.08. The number of aromatic amines is 2. The number of H-pyrrole nitrogens is 2. The van der Waals surface area contributed by atoms with E-state index in [-0.39, 0.29) is 29.5 Å². The van der Waals surface area contributed by atoms with E-state index in [1.165, 1.54) is 29.8 Å². The van der Waals surface area contributed by atoms with Gasteiger partial charge in [-0.2, -0.15) is 18.3 Å². The van der Waals surface area contributed by atoms with Crippen molar-refractivity contribution in [2.45, 2.75) is 6.18 Å². The fourth-order valence-electron chi connectivity index (χ4n) is 3.51. The number of nitrogens with one attached hydrogen (secondary N) is 2. The molecule has 4 aromatic heterocycles. The van der Waals surface area contributed by atoms with Crippen LogP contribution in [0.1, 0.15) is 21.7 Å². The van der Waals surface area contributed by atoms with Gasteiger partial charge in [-0.25, -0.2) is 9.97 Å². The SMILES string of the molecule is O=C(c1nc2c(C(F)(F)F)cc(-c3cn[nH]c3)cn2c1Cl)N1CC=C(c2cnc[nH]2)C1. The smallest absolute Gasteiger partial charge is 0.345 e. The van der Waals surface area contributed by atoms with Crippen LogP contribution in [-0.2, 0) is 6.18 Å². The van der Waals surface area contributed by atoms with Gasteiger partial charge in [-0.3, -0.25) is 14.3 Å². The minimum atomic E-state index is -4.70. The number of imidazole rings is 2. The normalized spacial score (nSPS) is 14.5. The average Bonchev–Trinajstić information content (AvgIpc) is 3.53. The first kappa shape index (κ1) is 19.4. The van der Waals surface area contributed by atoms with Crippen LogP contribution in [0.2, 0.25) is 5.15 Å². The van der Waals surface area contributed by atoms with Gasteiger partial charge >= 0.3 is 6.18 Å². The lowest BCUT2D eigenvalue weighted by Crippen LogP contribution is -2.29. The summed E-state index contributed by atoms with van der Waals surface area (Å²) in [5, 5.41) is 6.14. The van der Waals surface area contributed by atoms with E-state index in [1.807, 2.05) is 6.08 Å². The highest BCUT2D eigenvalue weighted by Crippen LogP contribution is 2.37. The Labute approximate surface area is 177 Å². The van der Waals surface area contributed by atoms with Crippen LogP contribution in [0.5, 0.6) is 0 Å². The van der Waals surface area contributed by atoms with Gasteiger partial charge in [0.05, 0.1) is 30.0 Å². The Morgan fingerprint density at radius 3 is 2.74 bits per heavy atom. The second-order valence-electron chi connectivity index (χ2n) is 6.95. The summed E-state index contributed by atoms with van der Waals surface area (Å²) in [6.07, 6.45) is 4.56. The Morgan fingerprint density at radius 1 is 1.23 bits per heavy atom. The largest absolute Gasteiger partial charge is 0.420 e. The minimum Gasteiger partial charge on any atom is -0.345 e. The molecule has 0 saturated carbocycles. The van der Waals surface area contributed by atoms with Crippen molar-refractivity contribution in [1.29, 1.82) is 0 Å². The molecule has 8 nitrogen and oxygen atoms in total. The van der Waals surface area contributed by atoms with Gasteiger partial charge < -0.3 is 9.88 Å². The number of fused-ring (bicyclic) bond motifs is 1. The number of hydrogen-bond acceptors (Lipinski definition) is 4. The van der Waals surface area contributed by atoms with E-state index in [2.05, 4.69) is 25.1 Å². The van der Waals surface area contributed by atoms with Crippen LogP contribution in [0.15, 0.2) is 43.3 Å². The van der Waals surface area contributed by atoms with E-state index in [4.69, 9.17) is 11.6 Å². The van der Waals surface area contributed by atoms with Crippen molar-refractivity contribution in [1.82, 2.24) is 34.4 Å². The number of rotatable bonds is 3. The first-order chi connectivity index (χ1) is 14.8. The van der Waals surface area contributed by atoms with Crippen molar-refractivity contribution < 1.29 is 18.0 Å². The Hall–Kier alpha value is -3.60. The fourth-order valence-corrected chi connectivity index (χ4v) is 3.77. The summed E-state index contributed by atoms with van der Waals surface area (Å²) in [4.78, 5) is 25.4. The molecular weight excluding hydrogens is 435 g/mol. The predicted molar refractivity (Wildman–Crippen MR) is 105 cm³/mol. The number of carbonyl (C=O) groups is 1. The maximum absolute atomic E-state index is 13.8. The van der Waals surface area contributed by atoms with Crippen molar-refractivity contribution in [2.24, 2.45) is 0 Å². The van der Waals surface area contributed by atoms with Crippen LogP contribution in [0, 0.1) is 0 Å². The third kappa shape index (κ3) is 3.26. The number of pyridine rings is 1. The molecule has 0 spiro atoms. The standard InChI is InChI=1S/C19H13ClF3N7O/c20-16-15(18(31)29-2-1-10(7-29)14-6-24-9-25-14)28-17-13(19(21,22)23)3-11(8-30(16)17)12-4-26-27-5-12/h1,3-6,8-9H,2,7H2,(H,24,25)(H,26,27). The van der Waals surface area contributed by atoms with E-state index in [0.717, 1.165) is 21.7 Å². The average molecular weight is 448 g/mol. The summed E-state index contributed by atoms with van der Waals surface area (Å²) in [7, 11) is 0. The van der Waals surface area contributed by atoms with Crippen molar-refractivity contribution in [3.8, 4) is 11.1 Å². The lowest BCUT2D eigenvalue weighted by Gasteiger charge is -2.14. The molecule has 0 saturated heterocycles.